The molecule has 3 N–H and O–H groups in total. The average molecular weight is 456 g/mol. The van der Waals surface area contributed by atoms with E-state index in [1.807, 2.05) is 54.6 Å². The summed E-state index contributed by atoms with van der Waals surface area (Å²) in [4.78, 5) is 24.4. The van der Waals surface area contributed by atoms with E-state index in [4.69, 9.17) is 4.74 Å². The summed E-state index contributed by atoms with van der Waals surface area (Å²) in [7, 11) is 0. The fourth-order valence-corrected chi connectivity index (χ4v) is 3.86. The predicted octanol–water partition coefficient (Wildman–Crippen LogP) is 4.72. The first kappa shape index (κ1) is 22.9. The number of carboxylic acid groups (broad SMARTS) is 1. The summed E-state index contributed by atoms with van der Waals surface area (Å²) in [6.07, 6.45) is 0.520. The van der Waals surface area contributed by atoms with Crippen LogP contribution in [0.1, 0.15) is 27.0 Å². The number of carbonyl (C=O) groups excluding carboxylic acids is 1. The summed E-state index contributed by atoms with van der Waals surface area (Å²) in [6.45, 7) is 0.706. The smallest absolute Gasteiger partial charge is 0.335 e. The van der Waals surface area contributed by atoms with Crippen LogP contribution in [-0.4, -0.2) is 28.6 Å². The van der Waals surface area contributed by atoms with E-state index < -0.39 is 5.97 Å². The highest BCUT2D eigenvalue weighted by Crippen LogP contribution is 2.31. The van der Waals surface area contributed by atoms with E-state index in [0.717, 1.165) is 16.5 Å². The van der Waals surface area contributed by atoms with Crippen molar-refractivity contribution in [2.75, 3.05) is 6.54 Å². The first-order chi connectivity index (χ1) is 16.5. The van der Waals surface area contributed by atoms with Crippen molar-refractivity contribution in [3.05, 3.63) is 107 Å². The Labute approximate surface area is 197 Å². The topological polar surface area (TPSA) is 95.9 Å². The van der Waals surface area contributed by atoms with Crippen molar-refractivity contribution in [1.29, 1.82) is 0 Å². The largest absolute Gasteiger partial charge is 0.508 e. The molecule has 0 aliphatic rings. The molecule has 0 heterocycles. The van der Waals surface area contributed by atoms with Crippen LogP contribution in [-0.2, 0) is 24.2 Å². The van der Waals surface area contributed by atoms with Crippen LogP contribution in [0.4, 0.5) is 0 Å². The number of aromatic hydroxyl groups is 1. The zero-order valence-electron chi connectivity index (χ0n) is 18.5. The number of ether oxygens (including phenoxy) is 1. The maximum Gasteiger partial charge on any atom is 0.335 e. The zero-order valence-corrected chi connectivity index (χ0v) is 18.5. The molecule has 0 aliphatic heterocycles. The normalized spacial score (nSPS) is 10.7. The van der Waals surface area contributed by atoms with E-state index in [1.165, 1.54) is 6.07 Å². The number of aromatic carboxylic acids is 1. The molecule has 0 atom stereocenters. The second kappa shape index (κ2) is 10.5. The molecule has 6 nitrogen and oxygen atoms in total. The highest BCUT2D eigenvalue weighted by molar-refractivity contribution is 6.00. The van der Waals surface area contributed by atoms with Gasteiger partial charge in [0.05, 0.1) is 12.0 Å². The fourth-order valence-electron chi connectivity index (χ4n) is 3.86. The van der Waals surface area contributed by atoms with Gasteiger partial charge in [0.1, 0.15) is 18.1 Å². The van der Waals surface area contributed by atoms with Crippen molar-refractivity contribution in [3.63, 3.8) is 0 Å². The van der Waals surface area contributed by atoms with Gasteiger partial charge in [0, 0.05) is 11.9 Å². The Morgan fingerprint density at radius 2 is 1.59 bits per heavy atom. The molecule has 6 heteroatoms. The van der Waals surface area contributed by atoms with Crippen LogP contribution in [0.2, 0.25) is 0 Å². The van der Waals surface area contributed by atoms with Crippen LogP contribution in [0, 0.1) is 0 Å². The number of rotatable bonds is 9. The molecule has 1 amide bonds. The van der Waals surface area contributed by atoms with Crippen molar-refractivity contribution in [1.82, 2.24) is 5.32 Å². The summed E-state index contributed by atoms with van der Waals surface area (Å²) in [5, 5.41) is 23.8. The molecule has 172 valence electrons. The lowest BCUT2D eigenvalue weighted by molar-refractivity contribution is -0.120. The van der Waals surface area contributed by atoms with Crippen LogP contribution >= 0.6 is 0 Å². The lowest BCUT2D eigenvalue weighted by Crippen LogP contribution is -2.27. The average Bonchev–Trinajstić information content (AvgIpc) is 2.84. The van der Waals surface area contributed by atoms with Gasteiger partial charge >= 0.3 is 5.97 Å². The number of nitrogens with one attached hydrogen (secondary N) is 1. The number of hydrogen-bond acceptors (Lipinski definition) is 4. The minimum Gasteiger partial charge on any atom is -0.508 e. The molecule has 4 aromatic rings. The Hall–Kier alpha value is -4.32. The van der Waals surface area contributed by atoms with E-state index in [1.54, 1.807) is 24.3 Å². The standard InChI is InChI=1S/C28H25NO5/c30-25-11-5-4-9-20(25)13-14-29-27(31)17-21-15-22(28(32)33)16-24-23(21)10-6-12-26(24)34-18-19-7-2-1-3-8-19/h1-12,15-16,30H,13-14,17-18H2,(H,29,31)(H,32,33). The predicted molar refractivity (Wildman–Crippen MR) is 130 cm³/mol. The minimum absolute atomic E-state index is 0.0283. The maximum atomic E-state index is 12.7. The molecule has 34 heavy (non-hydrogen) atoms. The van der Waals surface area contributed by atoms with E-state index in [0.29, 0.717) is 36.3 Å². The second-order valence-corrected chi connectivity index (χ2v) is 7.97. The number of hydrogen-bond donors (Lipinski definition) is 3. The number of fused-ring (bicyclic) bond motifs is 1. The van der Waals surface area contributed by atoms with Gasteiger partial charge in [0.25, 0.3) is 0 Å². The molecule has 0 unspecified atom stereocenters. The van der Waals surface area contributed by atoms with Crippen LogP contribution in [0.5, 0.6) is 11.5 Å². The molecular formula is C28H25NO5. The van der Waals surface area contributed by atoms with Gasteiger partial charge in [-0.15, -0.1) is 0 Å². The van der Waals surface area contributed by atoms with Crippen molar-refractivity contribution in [2.24, 2.45) is 0 Å². The molecule has 0 spiro atoms. The lowest BCUT2D eigenvalue weighted by Gasteiger charge is -2.14. The first-order valence-corrected chi connectivity index (χ1v) is 11.0. The van der Waals surface area contributed by atoms with Crippen LogP contribution in [0.3, 0.4) is 0 Å². The fraction of sp³-hybridized carbons (Fsp3) is 0.143. The Morgan fingerprint density at radius 3 is 2.35 bits per heavy atom. The van der Waals surface area contributed by atoms with Gasteiger partial charge in [-0.3, -0.25) is 4.79 Å². The van der Waals surface area contributed by atoms with Gasteiger partial charge in [-0.2, -0.15) is 0 Å². The molecule has 4 aromatic carbocycles. The Kier molecular flexibility index (Phi) is 7.08. The molecule has 0 saturated carbocycles. The van der Waals surface area contributed by atoms with E-state index >= 15 is 0 Å². The molecule has 0 aromatic heterocycles. The number of carboxylic acids is 1. The number of amides is 1. The summed E-state index contributed by atoms with van der Waals surface area (Å²) in [6, 6.07) is 25.3. The molecule has 4 rings (SSSR count). The van der Waals surface area contributed by atoms with Crippen LogP contribution < -0.4 is 10.1 Å². The molecule has 0 saturated heterocycles. The quantitative estimate of drug-likeness (QED) is 0.339. The summed E-state index contributed by atoms with van der Waals surface area (Å²) >= 11 is 0. The molecule has 0 fully saturated rings. The van der Waals surface area contributed by atoms with Crippen molar-refractivity contribution in [2.45, 2.75) is 19.4 Å². The summed E-state index contributed by atoms with van der Waals surface area (Å²) in [5.74, 6) is -0.540. The molecule has 0 bridgehead atoms. The van der Waals surface area contributed by atoms with E-state index in [2.05, 4.69) is 5.32 Å². The Morgan fingerprint density at radius 1 is 0.824 bits per heavy atom. The summed E-state index contributed by atoms with van der Waals surface area (Å²) < 4.78 is 6.01. The van der Waals surface area contributed by atoms with E-state index in [-0.39, 0.29) is 23.6 Å². The van der Waals surface area contributed by atoms with Crippen LogP contribution in [0.25, 0.3) is 10.8 Å². The van der Waals surface area contributed by atoms with Gasteiger partial charge < -0.3 is 20.3 Å². The third-order valence-corrected chi connectivity index (χ3v) is 5.58. The van der Waals surface area contributed by atoms with Crippen molar-refractivity contribution >= 4 is 22.6 Å². The monoisotopic (exact) mass is 455 g/mol. The first-order valence-electron chi connectivity index (χ1n) is 11.0. The van der Waals surface area contributed by atoms with E-state index in [9.17, 15) is 19.8 Å². The van der Waals surface area contributed by atoms with Crippen LogP contribution in [0.15, 0.2) is 84.9 Å². The number of phenols is 1. The van der Waals surface area contributed by atoms with Crippen molar-refractivity contribution < 1.29 is 24.5 Å². The van der Waals surface area contributed by atoms with Gasteiger partial charge in [-0.1, -0.05) is 60.7 Å². The lowest BCUT2D eigenvalue weighted by atomic mass is 9.97. The maximum absolute atomic E-state index is 12.7. The molecule has 0 aliphatic carbocycles. The highest BCUT2D eigenvalue weighted by Gasteiger charge is 2.15. The zero-order chi connectivity index (χ0) is 23.9. The second-order valence-electron chi connectivity index (χ2n) is 7.97. The number of benzene rings is 4. The minimum atomic E-state index is -1.07. The van der Waals surface area contributed by atoms with Gasteiger partial charge in [0.15, 0.2) is 0 Å². The van der Waals surface area contributed by atoms with Gasteiger partial charge in [0.2, 0.25) is 5.91 Å². The molecule has 0 radical (unpaired) electrons. The Bertz CT molecular complexity index is 1320. The molecular weight excluding hydrogens is 430 g/mol. The summed E-state index contributed by atoms with van der Waals surface area (Å²) in [5.41, 5.74) is 2.46. The third kappa shape index (κ3) is 5.53. The SMILES string of the molecule is O=C(Cc1cc(C(=O)O)cc2c(OCc3ccccc3)cccc12)NCCc1ccccc1O. The number of carbonyl (C=O) groups is 2. The number of phenolic OH excluding ortho intramolecular Hbond substituents is 1. The Balaban J connectivity index is 1.53. The van der Waals surface area contributed by atoms with Crippen molar-refractivity contribution in [3.8, 4) is 11.5 Å². The highest BCUT2D eigenvalue weighted by atomic mass is 16.5. The van der Waals surface area contributed by atoms with Gasteiger partial charge in [-0.25, -0.2) is 4.79 Å². The number of para-hydroxylation sites is 1. The van der Waals surface area contributed by atoms with Gasteiger partial charge in [-0.05, 0) is 52.8 Å². The third-order valence-electron chi connectivity index (χ3n) is 5.58.